The van der Waals surface area contributed by atoms with Gasteiger partial charge in [0.05, 0.1) is 0 Å². The average molecular weight is 152 g/mol. The summed E-state index contributed by atoms with van der Waals surface area (Å²) in [5.41, 5.74) is 2.29. The van der Waals surface area contributed by atoms with Gasteiger partial charge in [0.1, 0.15) is 5.15 Å². The Morgan fingerprint density at radius 3 is 2.90 bits per heavy atom. The van der Waals surface area contributed by atoms with Gasteiger partial charge in [0.25, 0.3) is 0 Å². The van der Waals surface area contributed by atoms with Gasteiger partial charge in [-0.3, -0.25) is 0 Å². The lowest BCUT2D eigenvalue weighted by Crippen LogP contribution is -1.78. The number of halogens is 1. The molecule has 0 unspecified atom stereocenters. The highest BCUT2D eigenvalue weighted by Crippen LogP contribution is 2.21. The molecule has 1 aliphatic carbocycles. The lowest BCUT2D eigenvalue weighted by atomic mass is 10.2. The van der Waals surface area contributed by atoms with Crippen LogP contribution in [0.2, 0.25) is 5.15 Å². The van der Waals surface area contributed by atoms with Crippen LogP contribution in [0.3, 0.4) is 0 Å². The molecule has 2 rings (SSSR count). The lowest BCUT2D eigenvalue weighted by molar-refractivity contribution is 1.34. The number of aromatic nitrogens is 1. The SMILES string of the molecule is Clc1ccc2cccc-2[nH]1. The topological polar surface area (TPSA) is 15.8 Å². The first kappa shape index (κ1) is 5.81. The third kappa shape index (κ3) is 0.792. The van der Waals surface area contributed by atoms with Crippen LogP contribution in [0, 0.1) is 0 Å². The molecule has 1 nitrogen and oxygen atoms in total. The van der Waals surface area contributed by atoms with Gasteiger partial charge >= 0.3 is 0 Å². The molecule has 0 aromatic heterocycles. The van der Waals surface area contributed by atoms with E-state index in [0.29, 0.717) is 5.15 Å². The average Bonchev–Trinajstić information content (AvgIpc) is 2.33. The molecule has 0 amide bonds. The second kappa shape index (κ2) is 2.03. The Balaban J connectivity index is 2.75. The van der Waals surface area contributed by atoms with Crippen LogP contribution in [-0.2, 0) is 0 Å². The minimum Gasteiger partial charge on any atom is -0.346 e. The Morgan fingerprint density at radius 1 is 1.10 bits per heavy atom. The van der Waals surface area contributed by atoms with Gasteiger partial charge in [-0.2, -0.15) is 0 Å². The highest BCUT2D eigenvalue weighted by molar-refractivity contribution is 6.29. The van der Waals surface area contributed by atoms with Gasteiger partial charge in [0.15, 0.2) is 0 Å². The van der Waals surface area contributed by atoms with Crippen molar-refractivity contribution in [1.29, 1.82) is 0 Å². The molecular formula is C8H6ClN. The number of hydrogen-bond donors (Lipinski definition) is 1. The van der Waals surface area contributed by atoms with Crippen LogP contribution in [-0.4, -0.2) is 4.98 Å². The van der Waals surface area contributed by atoms with E-state index in [0.717, 1.165) is 5.69 Å². The Labute approximate surface area is 64.0 Å². The molecule has 1 heterocycles. The van der Waals surface area contributed by atoms with Crippen molar-refractivity contribution in [3.8, 4) is 11.3 Å². The van der Waals surface area contributed by atoms with Gasteiger partial charge in [0, 0.05) is 5.69 Å². The zero-order chi connectivity index (χ0) is 6.97. The summed E-state index contributed by atoms with van der Waals surface area (Å²) in [7, 11) is 0. The van der Waals surface area contributed by atoms with Crippen LogP contribution in [0.1, 0.15) is 0 Å². The van der Waals surface area contributed by atoms with Gasteiger partial charge in [-0.15, -0.1) is 0 Å². The number of fused-ring (bicyclic) bond motifs is 1. The first-order chi connectivity index (χ1) is 4.86. The molecule has 0 radical (unpaired) electrons. The summed E-state index contributed by atoms with van der Waals surface area (Å²) in [6, 6.07) is 9.89. The number of pyridine rings is 1. The zero-order valence-corrected chi connectivity index (χ0v) is 6.02. The van der Waals surface area contributed by atoms with E-state index in [1.54, 1.807) is 0 Å². The first-order valence-electron chi connectivity index (χ1n) is 3.09. The molecule has 0 spiro atoms. The van der Waals surface area contributed by atoms with Crippen molar-refractivity contribution < 1.29 is 0 Å². The molecule has 0 saturated heterocycles. The summed E-state index contributed by atoms with van der Waals surface area (Å²) < 4.78 is 0. The maximum absolute atomic E-state index is 5.72. The third-order valence-electron chi connectivity index (χ3n) is 1.51. The normalized spacial score (nSPS) is 10.5. The molecule has 0 aromatic rings. The molecule has 0 fully saturated rings. The number of hydrogen-bond acceptors (Lipinski definition) is 0. The molecule has 0 bridgehead atoms. The number of H-pyrrole nitrogens is 1. The van der Waals surface area contributed by atoms with E-state index in [-0.39, 0.29) is 0 Å². The van der Waals surface area contributed by atoms with E-state index < -0.39 is 0 Å². The molecule has 2 aliphatic rings. The molecule has 50 valence electrons. The molecule has 1 N–H and O–H groups in total. The van der Waals surface area contributed by atoms with Crippen molar-refractivity contribution >= 4 is 11.6 Å². The summed E-state index contributed by atoms with van der Waals surface area (Å²) in [5.74, 6) is 0. The Bertz CT molecular complexity index is 313. The number of aromatic amines is 1. The fraction of sp³-hybridized carbons (Fsp3) is 0. The standard InChI is InChI=1S/C8H6ClN/c9-8-5-4-6-2-1-3-7(6)10-8/h1-5,10H. The summed E-state index contributed by atoms with van der Waals surface area (Å²) in [5, 5.41) is 0.679. The quantitative estimate of drug-likeness (QED) is 0.558. The van der Waals surface area contributed by atoms with Crippen LogP contribution < -0.4 is 0 Å². The minimum atomic E-state index is 0.679. The smallest absolute Gasteiger partial charge is 0.106 e. The predicted molar refractivity (Wildman–Crippen MR) is 42.4 cm³/mol. The van der Waals surface area contributed by atoms with Gasteiger partial charge in [-0.1, -0.05) is 23.7 Å². The van der Waals surface area contributed by atoms with E-state index >= 15 is 0 Å². The lowest BCUT2D eigenvalue weighted by Gasteiger charge is -1.97. The van der Waals surface area contributed by atoms with E-state index in [9.17, 15) is 0 Å². The van der Waals surface area contributed by atoms with Crippen molar-refractivity contribution in [2.24, 2.45) is 0 Å². The minimum absolute atomic E-state index is 0.679. The molecule has 2 heteroatoms. The Morgan fingerprint density at radius 2 is 2.00 bits per heavy atom. The monoisotopic (exact) mass is 151 g/mol. The van der Waals surface area contributed by atoms with Crippen LogP contribution in [0.4, 0.5) is 0 Å². The first-order valence-corrected chi connectivity index (χ1v) is 3.47. The number of nitrogens with one attached hydrogen (secondary N) is 1. The summed E-state index contributed by atoms with van der Waals surface area (Å²) in [6.45, 7) is 0. The third-order valence-corrected chi connectivity index (χ3v) is 1.73. The largest absolute Gasteiger partial charge is 0.346 e. The fourth-order valence-electron chi connectivity index (χ4n) is 1.03. The molecule has 1 aliphatic heterocycles. The van der Waals surface area contributed by atoms with Crippen molar-refractivity contribution in [2.45, 2.75) is 0 Å². The van der Waals surface area contributed by atoms with Gasteiger partial charge in [0.2, 0.25) is 0 Å². The van der Waals surface area contributed by atoms with E-state index in [2.05, 4.69) is 4.98 Å². The van der Waals surface area contributed by atoms with Gasteiger partial charge < -0.3 is 4.98 Å². The highest BCUT2D eigenvalue weighted by atomic mass is 35.5. The van der Waals surface area contributed by atoms with Crippen molar-refractivity contribution in [1.82, 2.24) is 4.98 Å². The highest BCUT2D eigenvalue weighted by Gasteiger charge is 1.99. The fourth-order valence-corrected chi connectivity index (χ4v) is 1.19. The summed E-state index contributed by atoms with van der Waals surface area (Å²) in [4.78, 5) is 3.04. The molecular weight excluding hydrogens is 146 g/mol. The summed E-state index contributed by atoms with van der Waals surface area (Å²) >= 11 is 5.72. The maximum atomic E-state index is 5.72. The molecule has 0 aromatic carbocycles. The van der Waals surface area contributed by atoms with E-state index in [1.165, 1.54) is 5.56 Å². The Hall–Kier alpha value is -0.950. The summed E-state index contributed by atoms with van der Waals surface area (Å²) in [6.07, 6.45) is 0. The van der Waals surface area contributed by atoms with Crippen LogP contribution >= 0.6 is 11.6 Å². The van der Waals surface area contributed by atoms with Gasteiger partial charge in [-0.25, -0.2) is 0 Å². The maximum Gasteiger partial charge on any atom is 0.106 e. The number of rotatable bonds is 0. The van der Waals surface area contributed by atoms with Crippen molar-refractivity contribution in [3.63, 3.8) is 0 Å². The second-order valence-electron chi connectivity index (χ2n) is 2.20. The van der Waals surface area contributed by atoms with E-state index in [4.69, 9.17) is 11.6 Å². The molecule has 0 saturated carbocycles. The van der Waals surface area contributed by atoms with Crippen LogP contribution in [0.5, 0.6) is 0 Å². The predicted octanol–water partition coefficient (Wildman–Crippen LogP) is 2.77. The Kier molecular flexibility index (Phi) is 1.18. The zero-order valence-electron chi connectivity index (χ0n) is 5.26. The second-order valence-corrected chi connectivity index (χ2v) is 2.61. The van der Waals surface area contributed by atoms with Crippen molar-refractivity contribution in [2.75, 3.05) is 0 Å². The molecule has 10 heavy (non-hydrogen) atoms. The van der Waals surface area contributed by atoms with E-state index in [1.807, 2.05) is 30.3 Å². The molecule has 0 atom stereocenters. The van der Waals surface area contributed by atoms with Crippen molar-refractivity contribution in [3.05, 3.63) is 35.5 Å². The van der Waals surface area contributed by atoms with Gasteiger partial charge in [-0.05, 0) is 23.8 Å². The van der Waals surface area contributed by atoms with Crippen LogP contribution in [0.25, 0.3) is 11.3 Å². The van der Waals surface area contributed by atoms with Crippen LogP contribution in [0.15, 0.2) is 30.3 Å².